The number of aromatic nitrogens is 1. The number of epoxide rings is 1. The van der Waals surface area contributed by atoms with E-state index in [1.807, 2.05) is 18.2 Å². The van der Waals surface area contributed by atoms with Crippen molar-refractivity contribution < 1.29 is 9.47 Å². The van der Waals surface area contributed by atoms with Crippen LogP contribution in [0.5, 0.6) is 5.75 Å². The molecule has 1 aromatic carbocycles. The van der Waals surface area contributed by atoms with Gasteiger partial charge in [0, 0.05) is 11.5 Å². The van der Waals surface area contributed by atoms with Gasteiger partial charge in [-0.2, -0.15) is 0 Å². The molecule has 2 aromatic rings. The first kappa shape index (κ1) is 12.2. The highest BCUT2D eigenvalue weighted by Gasteiger charge is 2.27. The second kappa shape index (κ2) is 5.05. The Balaban J connectivity index is 2.04. The molecule has 0 aliphatic carbocycles. The van der Waals surface area contributed by atoms with Crippen molar-refractivity contribution in [1.29, 1.82) is 0 Å². The Kier molecular flexibility index (Phi) is 3.25. The Morgan fingerprint density at radius 1 is 1.37 bits per heavy atom. The lowest BCUT2D eigenvalue weighted by atomic mass is 10.1. The van der Waals surface area contributed by atoms with Crippen molar-refractivity contribution in [3.8, 4) is 5.75 Å². The van der Waals surface area contributed by atoms with Gasteiger partial charge in [0.25, 0.3) is 0 Å². The normalized spacial score (nSPS) is 17.6. The lowest BCUT2D eigenvalue weighted by molar-refractivity contribution is 0.312. The summed E-state index contributed by atoms with van der Waals surface area (Å²) in [6.45, 7) is 3.54. The molecule has 1 aliphatic heterocycles. The molecular weight excluding hydrogens is 242 g/mol. The number of rotatable bonds is 5. The third-order valence-corrected chi connectivity index (χ3v) is 3.33. The van der Waals surface area contributed by atoms with Gasteiger partial charge in [0.2, 0.25) is 5.56 Å². The van der Waals surface area contributed by atoms with Crippen molar-refractivity contribution in [2.75, 3.05) is 13.2 Å². The fourth-order valence-corrected chi connectivity index (χ4v) is 2.20. The van der Waals surface area contributed by atoms with Crippen molar-refractivity contribution in [3.63, 3.8) is 0 Å². The number of hydrogen-bond acceptors (Lipinski definition) is 3. The van der Waals surface area contributed by atoms with E-state index in [1.54, 1.807) is 6.07 Å². The van der Waals surface area contributed by atoms with Gasteiger partial charge in [-0.3, -0.25) is 4.79 Å². The molecule has 1 unspecified atom stereocenters. The van der Waals surface area contributed by atoms with Crippen molar-refractivity contribution >= 4 is 10.9 Å². The van der Waals surface area contributed by atoms with Crippen LogP contribution in [0.25, 0.3) is 10.9 Å². The van der Waals surface area contributed by atoms with Crippen LogP contribution in [0, 0.1) is 0 Å². The molecule has 2 heterocycles. The first-order chi connectivity index (χ1) is 9.29. The second-order valence-corrected chi connectivity index (χ2v) is 4.79. The van der Waals surface area contributed by atoms with Crippen LogP contribution in [0.2, 0.25) is 0 Å². The molecule has 0 bridgehead atoms. The fourth-order valence-electron chi connectivity index (χ4n) is 2.20. The van der Waals surface area contributed by atoms with E-state index in [9.17, 15) is 4.79 Å². The van der Waals surface area contributed by atoms with E-state index in [-0.39, 0.29) is 11.7 Å². The van der Waals surface area contributed by atoms with Crippen molar-refractivity contribution in [1.82, 2.24) is 4.98 Å². The van der Waals surface area contributed by atoms with E-state index >= 15 is 0 Å². The highest BCUT2D eigenvalue weighted by molar-refractivity contribution is 5.88. The van der Waals surface area contributed by atoms with E-state index < -0.39 is 0 Å². The standard InChI is InChI=1S/C15H17NO3/c1-2-3-8-18-12-6-4-10(13-9-19-13)11-5-7-14(17)16-15(11)12/h4-7,13H,2-3,8-9H2,1H3,(H,16,17). The molecule has 1 fully saturated rings. The quantitative estimate of drug-likeness (QED) is 0.663. The summed E-state index contributed by atoms with van der Waals surface area (Å²) in [5.74, 6) is 0.741. The SMILES string of the molecule is CCCCOc1ccc(C2CO2)c2ccc(=O)[nH]c12. The van der Waals surface area contributed by atoms with Crippen LogP contribution >= 0.6 is 0 Å². The zero-order valence-electron chi connectivity index (χ0n) is 10.9. The Morgan fingerprint density at radius 3 is 2.95 bits per heavy atom. The molecule has 4 heteroatoms. The number of unbranched alkanes of at least 4 members (excludes halogenated alkanes) is 1. The third-order valence-electron chi connectivity index (χ3n) is 3.33. The maximum absolute atomic E-state index is 11.5. The largest absolute Gasteiger partial charge is 0.491 e. The molecule has 1 atom stereocenters. The second-order valence-electron chi connectivity index (χ2n) is 4.79. The van der Waals surface area contributed by atoms with Crippen LogP contribution in [0.3, 0.4) is 0 Å². The molecule has 0 radical (unpaired) electrons. The average Bonchev–Trinajstić information content (AvgIpc) is 3.23. The summed E-state index contributed by atoms with van der Waals surface area (Å²) in [4.78, 5) is 14.4. The van der Waals surface area contributed by atoms with Crippen LogP contribution in [-0.4, -0.2) is 18.2 Å². The summed E-state index contributed by atoms with van der Waals surface area (Å²) >= 11 is 0. The zero-order chi connectivity index (χ0) is 13.2. The minimum absolute atomic E-state index is 0.110. The fraction of sp³-hybridized carbons (Fsp3) is 0.400. The predicted octanol–water partition coefficient (Wildman–Crippen LogP) is 2.78. The number of aromatic amines is 1. The summed E-state index contributed by atoms with van der Waals surface area (Å²) in [5.41, 5.74) is 1.78. The highest BCUT2D eigenvalue weighted by Crippen LogP contribution is 2.37. The smallest absolute Gasteiger partial charge is 0.248 e. The minimum Gasteiger partial charge on any atom is -0.491 e. The monoisotopic (exact) mass is 259 g/mol. The minimum atomic E-state index is -0.110. The number of benzene rings is 1. The van der Waals surface area contributed by atoms with Gasteiger partial charge in [0.1, 0.15) is 11.9 Å². The van der Waals surface area contributed by atoms with Crippen LogP contribution < -0.4 is 10.3 Å². The maximum Gasteiger partial charge on any atom is 0.248 e. The number of H-pyrrole nitrogens is 1. The topological polar surface area (TPSA) is 54.6 Å². The third kappa shape index (κ3) is 2.49. The van der Waals surface area contributed by atoms with Gasteiger partial charge in [0.15, 0.2) is 0 Å². The molecule has 4 nitrogen and oxygen atoms in total. The molecule has 1 N–H and O–H groups in total. The maximum atomic E-state index is 11.5. The molecule has 0 spiro atoms. The van der Waals surface area contributed by atoms with Crippen LogP contribution in [0.15, 0.2) is 29.1 Å². The molecule has 1 aliphatic rings. The lowest BCUT2D eigenvalue weighted by Gasteiger charge is -2.11. The van der Waals surface area contributed by atoms with Crippen molar-refractivity contribution in [3.05, 3.63) is 40.2 Å². The zero-order valence-corrected chi connectivity index (χ0v) is 10.9. The number of ether oxygens (including phenoxy) is 2. The van der Waals surface area contributed by atoms with E-state index in [0.717, 1.165) is 41.7 Å². The Labute approximate surface area is 111 Å². The van der Waals surface area contributed by atoms with Crippen molar-refractivity contribution in [2.45, 2.75) is 25.9 Å². The summed E-state index contributed by atoms with van der Waals surface area (Å²) < 4.78 is 11.1. The highest BCUT2D eigenvalue weighted by atomic mass is 16.6. The lowest BCUT2D eigenvalue weighted by Crippen LogP contribution is -2.06. The van der Waals surface area contributed by atoms with Gasteiger partial charge in [0.05, 0.1) is 18.7 Å². The molecule has 100 valence electrons. The van der Waals surface area contributed by atoms with E-state index in [1.165, 1.54) is 0 Å². The number of fused-ring (bicyclic) bond motifs is 1. The molecule has 0 amide bonds. The summed E-state index contributed by atoms with van der Waals surface area (Å²) in [6.07, 6.45) is 2.26. The number of nitrogens with one attached hydrogen (secondary N) is 1. The van der Waals surface area contributed by atoms with Gasteiger partial charge in [-0.1, -0.05) is 19.4 Å². The molecule has 1 aromatic heterocycles. The first-order valence-electron chi connectivity index (χ1n) is 6.70. The molecule has 19 heavy (non-hydrogen) atoms. The molecule has 3 rings (SSSR count). The predicted molar refractivity (Wildman–Crippen MR) is 73.7 cm³/mol. The van der Waals surface area contributed by atoms with E-state index in [4.69, 9.17) is 9.47 Å². The Hall–Kier alpha value is -1.81. The average molecular weight is 259 g/mol. The van der Waals surface area contributed by atoms with E-state index in [2.05, 4.69) is 11.9 Å². The van der Waals surface area contributed by atoms with Crippen LogP contribution in [0.1, 0.15) is 31.4 Å². The number of pyridine rings is 1. The van der Waals surface area contributed by atoms with E-state index in [0.29, 0.717) is 6.61 Å². The summed E-state index contributed by atoms with van der Waals surface area (Å²) in [7, 11) is 0. The number of hydrogen-bond donors (Lipinski definition) is 1. The summed E-state index contributed by atoms with van der Waals surface area (Å²) in [5, 5.41) is 1.01. The Bertz CT molecular complexity index is 643. The molecule has 0 saturated carbocycles. The Morgan fingerprint density at radius 2 is 2.21 bits per heavy atom. The van der Waals surface area contributed by atoms with Gasteiger partial charge >= 0.3 is 0 Å². The van der Waals surface area contributed by atoms with Gasteiger partial charge in [-0.15, -0.1) is 0 Å². The van der Waals surface area contributed by atoms with Crippen LogP contribution in [0.4, 0.5) is 0 Å². The molecular formula is C15H17NO3. The molecule has 1 saturated heterocycles. The first-order valence-corrected chi connectivity index (χ1v) is 6.70. The summed E-state index contributed by atoms with van der Waals surface area (Å²) in [6, 6.07) is 7.34. The van der Waals surface area contributed by atoms with Gasteiger partial charge < -0.3 is 14.5 Å². The van der Waals surface area contributed by atoms with Gasteiger partial charge in [-0.25, -0.2) is 0 Å². The van der Waals surface area contributed by atoms with Gasteiger partial charge in [-0.05, 0) is 24.1 Å². The van der Waals surface area contributed by atoms with Crippen molar-refractivity contribution in [2.24, 2.45) is 0 Å². The van der Waals surface area contributed by atoms with Crippen LogP contribution in [-0.2, 0) is 4.74 Å².